The van der Waals surface area contributed by atoms with E-state index in [0.717, 1.165) is 40.5 Å². The molecule has 0 saturated heterocycles. The predicted molar refractivity (Wildman–Crippen MR) is 342 cm³/mol. The van der Waals surface area contributed by atoms with Crippen molar-refractivity contribution >= 4 is 16.7 Å². The van der Waals surface area contributed by atoms with Gasteiger partial charge in [-0.1, -0.05) is 196 Å². The Bertz CT molecular complexity index is 4240. The highest BCUT2D eigenvalue weighted by atomic mass is 16.5. The highest BCUT2D eigenvalue weighted by Gasteiger charge is 2.54. The number of rotatable bonds is 12. The number of allylic oxidation sites excluding steroid dienone is 8. The lowest BCUT2D eigenvalue weighted by atomic mass is 9.66. The van der Waals surface area contributed by atoms with Gasteiger partial charge in [0.1, 0.15) is 23.0 Å². The van der Waals surface area contributed by atoms with Crippen LogP contribution in [0.2, 0.25) is 0 Å². The van der Waals surface area contributed by atoms with Gasteiger partial charge in [-0.3, -0.25) is 0 Å². The minimum atomic E-state index is -0.645. The number of hydrogen-bond acceptors (Lipinski definition) is 4. The second kappa shape index (κ2) is 21.0. The fourth-order valence-corrected chi connectivity index (χ4v) is 13.7. The molecule has 0 fully saturated rings. The van der Waals surface area contributed by atoms with Crippen molar-refractivity contribution in [3.63, 3.8) is 0 Å². The lowest BCUT2D eigenvalue weighted by Crippen LogP contribution is -2.28. The molecule has 10 aromatic carbocycles. The van der Waals surface area contributed by atoms with Gasteiger partial charge in [0.2, 0.25) is 0 Å². The predicted octanol–water partition coefficient (Wildman–Crippen LogP) is 19.6. The first-order chi connectivity index (χ1) is 40.7. The highest BCUT2D eigenvalue weighted by molar-refractivity contribution is 6.01. The molecular formula is C79H64O4. The Morgan fingerprint density at radius 3 is 1.12 bits per heavy atom. The van der Waals surface area contributed by atoms with Crippen molar-refractivity contribution in [3.05, 3.63) is 293 Å². The molecule has 4 aliphatic rings. The molecule has 0 saturated carbocycles. The molecular weight excluding hydrogens is 1010 g/mol. The third-order valence-corrected chi connectivity index (χ3v) is 18.2. The summed E-state index contributed by atoms with van der Waals surface area (Å²) in [6.45, 7) is 4.77. The van der Waals surface area contributed by atoms with E-state index in [1.54, 1.807) is 28.4 Å². The monoisotopic (exact) mass is 1080 g/mol. The van der Waals surface area contributed by atoms with Crippen LogP contribution in [0.1, 0.15) is 65.1 Å². The zero-order chi connectivity index (χ0) is 56.3. The number of fused-ring (bicyclic) bond motifs is 9. The van der Waals surface area contributed by atoms with Gasteiger partial charge in [0, 0.05) is 5.92 Å². The number of benzene rings is 10. The first kappa shape index (κ1) is 51.5. The largest absolute Gasteiger partial charge is 0.497 e. The van der Waals surface area contributed by atoms with E-state index in [9.17, 15) is 0 Å². The smallest absolute Gasteiger partial charge is 0.118 e. The van der Waals surface area contributed by atoms with Crippen molar-refractivity contribution in [1.82, 2.24) is 0 Å². The molecule has 0 heterocycles. The van der Waals surface area contributed by atoms with Crippen molar-refractivity contribution in [1.29, 1.82) is 0 Å². The SMILES string of the molecule is COc1ccc(-c2ccc(C3=CC4=C(CC3C)c3ccc(-c5ccc(-c6ccc(OC)cc6)cc5)cc3C43c4cc(C5=CC(C)C(c6ccc(OC)cc6)C=C5)ccc4-c4ccc(-c5ccc(-c6ccc(OC)cc6)cc5)cc43)cc2)cc1. The standard InChI is InChI=1S/C79H64O4/c1-49-43-61(27-39-69(49)59-25-37-68(83-6)38-26-59)64-30-41-71-70-40-28-62(57-11-7-51(8-12-57)54-19-31-65(80-3)32-20-54)45-75(70)79(76(71)47-64)77-46-63(58-13-9-52(10-14-58)55-21-33-66(81-4)34-22-55)29-42-72(77)74-44-50(2)73(48-78(74)79)60-17-15-53(16-18-60)56-23-35-67(82-5)36-24-56/h7-43,45-50,69H,44H2,1-6H3. The van der Waals surface area contributed by atoms with Crippen molar-refractivity contribution < 1.29 is 18.9 Å². The summed E-state index contributed by atoms with van der Waals surface area (Å²) in [4.78, 5) is 0. The van der Waals surface area contributed by atoms with Gasteiger partial charge in [0.05, 0.1) is 33.9 Å². The van der Waals surface area contributed by atoms with Crippen LogP contribution in [-0.2, 0) is 5.41 Å². The van der Waals surface area contributed by atoms with Crippen molar-refractivity contribution in [2.75, 3.05) is 28.4 Å². The zero-order valence-electron chi connectivity index (χ0n) is 47.7. The average molecular weight is 1080 g/mol. The molecule has 14 rings (SSSR count). The molecule has 83 heavy (non-hydrogen) atoms. The van der Waals surface area contributed by atoms with Gasteiger partial charge in [0.15, 0.2) is 0 Å². The van der Waals surface area contributed by atoms with E-state index in [1.165, 1.54) is 117 Å². The van der Waals surface area contributed by atoms with Crippen LogP contribution in [0.3, 0.4) is 0 Å². The van der Waals surface area contributed by atoms with E-state index in [2.05, 4.69) is 226 Å². The van der Waals surface area contributed by atoms with Crippen LogP contribution in [0.4, 0.5) is 0 Å². The van der Waals surface area contributed by atoms with Gasteiger partial charge in [-0.25, -0.2) is 0 Å². The van der Waals surface area contributed by atoms with Crippen molar-refractivity contribution in [3.8, 4) is 89.8 Å². The van der Waals surface area contributed by atoms with Crippen LogP contribution < -0.4 is 18.9 Å². The Labute approximate surface area is 488 Å². The van der Waals surface area contributed by atoms with Crippen LogP contribution in [0.5, 0.6) is 23.0 Å². The van der Waals surface area contributed by atoms with E-state index >= 15 is 0 Å². The summed E-state index contributed by atoms with van der Waals surface area (Å²) in [5, 5.41) is 0. The van der Waals surface area contributed by atoms with Crippen LogP contribution >= 0.6 is 0 Å². The molecule has 404 valence electrons. The number of hydrogen-bond donors (Lipinski definition) is 0. The van der Waals surface area contributed by atoms with E-state index in [1.807, 2.05) is 36.4 Å². The molecule has 10 aromatic rings. The van der Waals surface area contributed by atoms with Crippen molar-refractivity contribution in [2.24, 2.45) is 11.8 Å². The van der Waals surface area contributed by atoms with E-state index in [0.29, 0.717) is 0 Å². The molecule has 0 radical (unpaired) electrons. The molecule has 0 bridgehead atoms. The Morgan fingerprint density at radius 1 is 0.361 bits per heavy atom. The lowest BCUT2D eigenvalue weighted by molar-refractivity contribution is 0.414. The third-order valence-electron chi connectivity index (χ3n) is 18.2. The van der Waals surface area contributed by atoms with Crippen LogP contribution in [0.25, 0.3) is 83.5 Å². The maximum Gasteiger partial charge on any atom is 0.118 e. The molecule has 1 spiro atoms. The summed E-state index contributed by atoms with van der Waals surface area (Å²) in [6, 6.07) is 82.9. The normalized spacial score (nSPS) is 18.2. The molecule has 4 atom stereocenters. The second-order valence-corrected chi connectivity index (χ2v) is 22.7. The number of ether oxygens (including phenoxy) is 4. The van der Waals surface area contributed by atoms with Crippen LogP contribution in [-0.4, -0.2) is 28.4 Å². The highest BCUT2D eigenvalue weighted by Crippen LogP contribution is 2.66. The summed E-state index contributed by atoms with van der Waals surface area (Å²) < 4.78 is 22.0. The molecule has 4 aliphatic carbocycles. The molecule has 4 heteroatoms. The molecule has 0 amide bonds. The summed E-state index contributed by atoms with van der Waals surface area (Å²) in [5.74, 6) is 4.24. The second-order valence-electron chi connectivity index (χ2n) is 22.7. The van der Waals surface area contributed by atoms with Crippen LogP contribution in [0.15, 0.2) is 254 Å². The van der Waals surface area contributed by atoms with Gasteiger partial charge in [-0.05, 0) is 213 Å². The molecule has 4 nitrogen and oxygen atoms in total. The summed E-state index contributed by atoms with van der Waals surface area (Å²) in [7, 11) is 6.87. The first-order valence-electron chi connectivity index (χ1n) is 28.9. The van der Waals surface area contributed by atoms with Gasteiger partial charge >= 0.3 is 0 Å². The lowest BCUT2D eigenvalue weighted by Gasteiger charge is -2.35. The van der Waals surface area contributed by atoms with Gasteiger partial charge < -0.3 is 18.9 Å². The minimum absolute atomic E-state index is 0.259. The van der Waals surface area contributed by atoms with Crippen molar-refractivity contribution in [2.45, 2.75) is 31.6 Å². The Hall–Kier alpha value is -9.64. The van der Waals surface area contributed by atoms with Gasteiger partial charge in [-0.2, -0.15) is 0 Å². The molecule has 0 aromatic heterocycles. The van der Waals surface area contributed by atoms with E-state index in [4.69, 9.17) is 18.9 Å². The topological polar surface area (TPSA) is 36.9 Å². The van der Waals surface area contributed by atoms with Gasteiger partial charge in [-0.15, -0.1) is 0 Å². The van der Waals surface area contributed by atoms with Crippen LogP contribution in [0, 0.1) is 11.8 Å². The molecule has 4 unspecified atom stereocenters. The fourth-order valence-electron chi connectivity index (χ4n) is 13.7. The summed E-state index contributed by atoms with van der Waals surface area (Å²) in [6.07, 6.45) is 10.8. The maximum absolute atomic E-state index is 5.53. The Balaban J connectivity index is 0.953. The summed E-state index contributed by atoms with van der Waals surface area (Å²) >= 11 is 0. The quantitative estimate of drug-likeness (QED) is 0.122. The average Bonchev–Trinajstić information content (AvgIpc) is 1.57. The fraction of sp³-hybridized carbons (Fsp3) is 0.139. The Kier molecular flexibility index (Phi) is 13.1. The third kappa shape index (κ3) is 8.92. The van der Waals surface area contributed by atoms with E-state index in [-0.39, 0.29) is 17.8 Å². The Morgan fingerprint density at radius 2 is 0.699 bits per heavy atom. The molecule has 0 aliphatic heterocycles. The van der Waals surface area contributed by atoms with E-state index < -0.39 is 5.41 Å². The minimum Gasteiger partial charge on any atom is -0.497 e. The zero-order valence-corrected chi connectivity index (χ0v) is 47.7. The summed E-state index contributed by atoms with van der Waals surface area (Å²) in [5.41, 5.74) is 28.2. The number of methoxy groups -OCH3 is 4. The first-order valence-corrected chi connectivity index (χ1v) is 28.9. The molecule has 0 N–H and O–H groups in total. The maximum atomic E-state index is 5.53. The van der Waals surface area contributed by atoms with Gasteiger partial charge in [0.25, 0.3) is 0 Å².